The third-order valence-electron chi connectivity index (χ3n) is 6.92. The van der Waals surface area contributed by atoms with Crippen LogP contribution in [-0.4, -0.2) is 41.0 Å². The van der Waals surface area contributed by atoms with Crippen LogP contribution in [0, 0.1) is 5.92 Å². The van der Waals surface area contributed by atoms with Gasteiger partial charge in [-0.05, 0) is 56.9 Å². The molecular formula is C20H29N3O. The maximum absolute atomic E-state index is 12.8. The summed E-state index contributed by atoms with van der Waals surface area (Å²) in [5, 5.41) is 0. The van der Waals surface area contributed by atoms with Crippen LogP contribution in [0.15, 0.2) is 30.3 Å². The van der Waals surface area contributed by atoms with Gasteiger partial charge >= 0.3 is 6.03 Å². The average molecular weight is 327 g/mol. The molecule has 4 rings (SSSR count). The van der Waals surface area contributed by atoms with E-state index < -0.39 is 0 Å². The molecule has 0 radical (unpaired) electrons. The summed E-state index contributed by atoms with van der Waals surface area (Å²) < 4.78 is 0. The molecule has 1 aromatic carbocycles. The number of urea groups is 1. The van der Waals surface area contributed by atoms with Gasteiger partial charge in [0.1, 0.15) is 0 Å². The standard InChI is InChI=1S/C20H29N3O/c1-15-20(23(14-16-8-9-16)18(24)22(15)2)12-10-19(21,11-13-20)17-6-4-3-5-7-17/h3-7,15-16H,8-14,21H2,1-2H3. The number of carbonyl (C=O) groups excluding carboxylic acids is 1. The fourth-order valence-corrected chi connectivity index (χ4v) is 4.83. The molecule has 3 fully saturated rings. The Morgan fingerprint density at radius 1 is 1.12 bits per heavy atom. The van der Waals surface area contributed by atoms with Crippen molar-refractivity contribution >= 4 is 6.03 Å². The van der Waals surface area contributed by atoms with Crippen LogP contribution in [0.25, 0.3) is 0 Å². The number of amides is 2. The molecule has 2 amide bonds. The zero-order valence-corrected chi connectivity index (χ0v) is 14.9. The molecular weight excluding hydrogens is 298 g/mol. The van der Waals surface area contributed by atoms with Gasteiger partial charge in [-0.1, -0.05) is 30.3 Å². The van der Waals surface area contributed by atoms with Gasteiger partial charge in [-0.2, -0.15) is 0 Å². The number of carbonyl (C=O) groups is 1. The Bertz CT molecular complexity index is 617. The van der Waals surface area contributed by atoms with Gasteiger partial charge in [-0.15, -0.1) is 0 Å². The number of hydrogen-bond donors (Lipinski definition) is 1. The topological polar surface area (TPSA) is 49.6 Å². The molecule has 24 heavy (non-hydrogen) atoms. The third-order valence-corrected chi connectivity index (χ3v) is 6.92. The van der Waals surface area contributed by atoms with Gasteiger partial charge in [-0.3, -0.25) is 0 Å². The van der Waals surface area contributed by atoms with Crippen molar-refractivity contribution < 1.29 is 4.79 Å². The Kier molecular flexibility index (Phi) is 3.64. The van der Waals surface area contributed by atoms with Crippen LogP contribution in [-0.2, 0) is 5.54 Å². The van der Waals surface area contributed by atoms with Gasteiger partial charge in [0, 0.05) is 19.1 Å². The highest BCUT2D eigenvalue weighted by atomic mass is 16.2. The molecule has 1 saturated heterocycles. The minimum Gasteiger partial charge on any atom is -0.323 e. The molecule has 1 heterocycles. The van der Waals surface area contributed by atoms with E-state index in [1.165, 1.54) is 18.4 Å². The normalized spacial score (nSPS) is 36.6. The second-order valence-corrected chi connectivity index (χ2v) is 8.25. The minimum absolute atomic E-state index is 0.0218. The van der Waals surface area contributed by atoms with E-state index in [-0.39, 0.29) is 23.2 Å². The first-order valence-electron chi connectivity index (χ1n) is 9.35. The summed E-state index contributed by atoms with van der Waals surface area (Å²) >= 11 is 0. The summed E-state index contributed by atoms with van der Waals surface area (Å²) in [6.45, 7) is 3.16. The molecule has 4 nitrogen and oxygen atoms in total. The van der Waals surface area contributed by atoms with E-state index in [0.717, 1.165) is 38.1 Å². The lowest BCUT2D eigenvalue weighted by Crippen LogP contribution is -2.57. The quantitative estimate of drug-likeness (QED) is 0.926. The first-order valence-corrected chi connectivity index (χ1v) is 9.35. The Hall–Kier alpha value is -1.55. The van der Waals surface area contributed by atoms with E-state index in [9.17, 15) is 4.79 Å². The average Bonchev–Trinajstić information content (AvgIpc) is 3.41. The smallest absolute Gasteiger partial charge is 0.320 e. The highest BCUT2D eigenvalue weighted by Crippen LogP contribution is 2.49. The maximum atomic E-state index is 12.8. The zero-order valence-electron chi connectivity index (χ0n) is 14.9. The van der Waals surface area contributed by atoms with E-state index in [1.807, 2.05) is 18.0 Å². The summed E-state index contributed by atoms with van der Waals surface area (Å²) in [6, 6.07) is 11.0. The summed E-state index contributed by atoms with van der Waals surface area (Å²) in [6.07, 6.45) is 6.46. The first-order chi connectivity index (χ1) is 11.5. The fraction of sp³-hybridized carbons (Fsp3) is 0.650. The van der Waals surface area contributed by atoms with Crippen LogP contribution in [0.4, 0.5) is 4.79 Å². The Labute approximate surface area is 145 Å². The van der Waals surface area contributed by atoms with Crippen LogP contribution >= 0.6 is 0 Å². The second kappa shape index (κ2) is 5.48. The van der Waals surface area contributed by atoms with E-state index in [4.69, 9.17) is 5.73 Å². The van der Waals surface area contributed by atoms with Gasteiger partial charge in [0.25, 0.3) is 0 Å². The lowest BCUT2D eigenvalue weighted by molar-refractivity contribution is 0.0627. The number of rotatable bonds is 3. The minimum atomic E-state index is -0.248. The Morgan fingerprint density at radius 3 is 2.33 bits per heavy atom. The molecule has 2 N–H and O–H groups in total. The monoisotopic (exact) mass is 327 g/mol. The molecule has 4 heteroatoms. The van der Waals surface area contributed by atoms with Crippen LogP contribution in [0.5, 0.6) is 0 Å². The van der Waals surface area contributed by atoms with Crippen LogP contribution < -0.4 is 5.73 Å². The molecule has 2 aliphatic carbocycles. The SMILES string of the molecule is CC1N(C)C(=O)N(CC2CC2)C12CCC(N)(c1ccccc1)CC2. The van der Waals surface area contributed by atoms with Crippen molar-refractivity contribution in [2.24, 2.45) is 11.7 Å². The summed E-state index contributed by atoms with van der Waals surface area (Å²) in [7, 11) is 1.96. The second-order valence-electron chi connectivity index (χ2n) is 8.25. The highest BCUT2D eigenvalue weighted by molar-refractivity contribution is 5.78. The lowest BCUT2D eigenvalue weighted by atomic mass is 9.67. The highest BCUT2D eigenvalue weighted by Gasteiger charge is 2.57. The fourth-order valence-electron chi connectivity index (χ4n) is 4.83. The van der Waals surface area contributed by atoms with Gasteiger partial charge in [0.2, 0.25) is 0 Å². The van der Waals surface area contributed by atoms with Gasteiger partial charge in [-0.25, -0.2) is 4.79 Å². The molecule has 1 aliphatic heterocycles. The number of hydrogen-bond acceptors (Lipinski definition) is 2. The maximum Gasteiger partial charge on any atom is 0.320 e. The predicted octanol–water partition coefficient (Wildman–Crippen LogP) is 3.32. The number of nitrogens with two attached hydrogens (primary N) is 1. The van der Waals surface area contributed by atoms with Crippen molar-refractivity contribution in [1.29, 1.82) is 0 Å². The summed E-state index contributed by atoms with van der Waals surface area (Å²) in [4.78, 5) is 17.0. The van der Waals surface area contributed by atoms with Crippen molar-refractivity contribution in [2.75, 3.05) is 13.6 Å². The van der Waals surface area contributed by atoms with Gasteiger partial charge in [0.15, 0.2) is 0 Å². The summed E-state index contributed by atoms with van der Waals surface area (Å²) in [5.74, 6) is 0.725. The van der Waals surface area contributed by atoms with Crippen LogP contribution in [0.3, 0.4) is 0 Å². The molecule has 1 aromatic rings. The molecule has 1 atom stereocenters. The van der Waals surface area contributed by atoms with E-state index in [2.05, 4.69) is 36.1 Å². The number of nitrogens with zero attached hydrogens (tertiary/aromatic N) is 2. The van der Waals surface area contributed by atoms with E-state index in [1.54, 1.807) is 0 Å². The van der Waals surface area contributed by atoms with Crippen molar-refractivity contribution in [3.05, 3.63) is 35.9 Å². The largest absolute Gasteiger partial charge is 0.323 e. The predicted molar refractivity (Wildman–Crippen MR) is 95.6 cm³/mol. The van der Waals surface area contributed by atoms with Gasteiger partial charge < -0.3 is 15.5 Å². The molecule has 3 aliphatic rings. The van der Waals surface area contributed by atoms with Crippen molar-refractivity contribution in [2.45, 2.75) is 62.6 Å². The number of benzene rings is 1. The van der Waals surface area contributed by atoms with E-state index in [0.29, 0.717) is 0 Å². The molecule has 2 saturated carbocycles. The number of likely N-dealkylation sites (N-methyl/N-ethyl adjacent to an activating group) is 1. The third kappa shape index (κ3) is 2.34. The lowest BCUT2D eigenvalue weighted by Gasteiger charge is -2.48. The Balaban J connectivity index is 1.58. The van der Waals surface area contributed by atoms with Crippen molar-refractivity contribution in [3.8, 4) is 0 Å². The molecule has 0 bridgehead atoms. The van der Waals surface area contributed by atoms with E-state index >= 15 is 0 Å². The molecule has 1 spiro atoms. The van der Waals surface area contributed by atoms with Crippen molar-refractivity contribution in [1.82, 2.24) is 9.80 Å². The molecule has 1 unspecified atom stereocenters. The van der Waals surface area contributed by atoms with Crippen molar-refractivity contribution in [3.63, 3.8) is 0 Å². The molecule has 130 valence electrons. The Morgan fingerprint density at radius 2 is 1.75 bits per heavy atom. The first kappa shape index (κ1) is 15.9. The molecule has 0 aromatic heterocycles. The summed E-state index contributed by atoms with van der Waals surface area (Å²) in [5.41, 5.74) is 7.75. The van der Waals surface area contributed by atoms with Crippen LogP contribution in [0.1, 0.15) is 51.0 Å². The van der Waals surface area contributed by atoms with Crippen LogP contribution in [0.2, 0.25) is 0 Å². The van der Waals surface area contributed by atoms with Gasteiger partial charge in [0.05, 0.1) is 11.6 Å². The zero-order chi connectivity index (χ0) is 16.9.